The highest BCUT2D eigenvalue weighted by molar-refractivity contribution is 5.22. The van der Waals surface area contributed by atoms with Crippen molar-refractivity contribution in [3.8, 4) is 5.75 Å². The Bertz CT molecular complexity index is 227. The van der Waals surface area contributed by atoms with Gasteiger partial charge in [0.15, 0.2) is 0 Å². The molecule has 3 heteroatoms. The lowest BCUT2D eigenvalue weighted by Crippen LogP contribution is -2.52. The van der Waals surface area contributed by atoms with Crippen molar-refractivity contribution in [3.05, 3.63) is 30.1 Å². The quantitative estimate of drug-likeness (QED) is 0.677. The first-order chi connectivity index (χ1) is 5.33. The molecule has 0 spiro atoms. The van der Waals surface area contributed by atoms with Crippen molar-refractivity contribution < 1.29 is 14.9 Å². The van der Waals surface area contributed by atoms with Crippen molar-refractivity contribution in [3.63, 3.8) is 0 Å². The number of hydrogen-bond donors (Lipinski definition) is 1. The zero-order valence-electron chi connectivity index (χ0n) is 6.22. The van der Waals surface area contributed by atoms with Crippen LogP contribution in [-0.2, 0) is 0 Å². The first kappa shape index (κ1) is 8.01. The van der Waals surface area contributed by atoms with E-state index in [1.807, 2.05) is 0 Å². The molecule has 0 unspecified atom stereocenters. The van der Waals surface area contributed by atoms with E-state index in [9.17, 15) is 4.39 Å². The van der Waals surface area contributed by atoms with Gasteiger partial charge in [0.2, 0.25) is 0 Å². The van der Waals surface area contributed by atoms with Gasteiger partial charge in [-0.3, -0.25) is 0 Å². The number of hydrogen-bond acceptors (Lipinski definition) is 1. The molecule has 0 amide bonds. The van der Waals surface area contributed by atoms with Crippen LogP contribution in [-0.4, -0.2) is 13.2 Å². The van der Waals surface area contributed by atoms with Gasteiger partial charge in [0.25, 0.3) is 0 Å². The van der Waals surface area contributed by atoms with Crippen molar-refractivity contribution in [2.24, 2.45) is 0 Å². The Labute approximate surface area is 64.8 Å². The van der Waals surface area contributed by atoms with Crippen LogP contribution in [0.4, 0.5) is 4.39 Å². The molecule has 1 aromatic rings. The molecule has 1 aromatic carbocycles. The van der Waals surface area contributed by atoms with E-state index in [1.54, 1.807) is 12.1 Å². The van der Waals surface area contributed by atoms with E-state index in [0.717, 1.165) is 0 Å². The third-order valence-corrected chi connectivity index (χ3v) is 1.21. The number of halogens is 1. The molecule has 0 atom stereocenters. The first-order valence-corrected chi connectivity index (χ1v) is 3.50. The largest absolute Gasteiger partial charge is 0.488 e. The van der Waals surface area contributed by atoms with Gasteiger partial charge in [0.1, 0.15) is 24.7 Å². The minimum Gasteiger partial charge on any atom is -0.488 e. The second-order valence-corrected chi connectivity index (χ2v) is 2.16. The molecule has 0 fully saturated rings. The van der Waals surface area contributed by atoms with Gasteiger partial charge in [-0.1, -0.05) is 6.07 Å². The summed E-state index contributed by atoms with van der Waals surface area (Å²) in [5.41, 5.74) is 3.60. The molecule has 1 rings (SSSR count). The van der Waals surface area contributed by atoms with Gasteiger partial charge in [-0.25, -0.2) is 4.39 Å². The molecule has 3 N–H and O–H groups in total. The van der Waals surface area contributed by atoms with Crippen LogP contribution in [0.1, 0.15) is 0 Å². The number of benzene rings is 1. The Hall–Kier alpha value is -1.09. The van der Waals surface area contributed by atoms with E-state index in [4.69, 9.17) is 4.74 Å². The van der Waals surface area contributed by atoms with E-state index in [1.165, 1.54) is 12.1 Å². The Morgan fingerprint density at radius 2 is 2.27 bits per heavy atom. The minimum absolute atomic E-state index is 0.272. The van der Waals surface area contributed by atoms with E-state index in [0.29, 0.717) is 18.9 Å². The van der Waals surface area contributed by atoms with E-state index in [2.05, 4.69) is 5.73 Å². The molecular formula is C8H11FNO+. The van der Waals surface area contributed by atoms with Crippen molar-refractivity contribution in [1.82, 2.24) is 0 Å². The maximum Gasteiger partial charge on any atom is 0.137 e. The van der Waals surface area contributed by atoms with Crippen LogP contribution in [0.2, 0.25) is 0 Å². The SMILES string of the molecule is [NH3+]CCOc1cccc(F)c1. The average Bonchev–Trinajstić information content (AvgIpc) is 2.01. The van der Waals surface area contributed by atoms with Gasteiger partial charge in [-0.05, 0) is 12.1 Å². The molecule has 2 nitrogen and oxygen atoms in total. The highest BCUT2D eigenvalue weighted by Gasteiger charge is 1.93. The van der Waals surface area contributed by atoms with Crippen molar-refractivity contribution in [2.45, 2.75) is 0 Å². The molecule has 0 aliphatic heterocycles. The fraction of sp³-hybridized carbons (Fsp3) is 0.250. The molecule has 0 aliphatic carbocycles. The average molecular weight is 156 g/mol. The van der Waals surface area contributed by atoms with E-state index < -0.39 is 0 Å². The molecule has 11 heavy (non-hydrogen) atoms. The van der Waals surface area contributed by atoms with Gasteiger partial charge in [-0.15, -0.1) is 0 Å². The standard InChI is InChI=1S/C8H10FNO/c9-7-2-1-3-8(6-7)11-5-4-10/h1-3,6H,4-5,10H2/p+1. The van der Waals surface area contributed by atoms with Gasteiger partial charge in [-0.2, -0.15) is 0 Å². The number of ether oxygens (including phenoxy) is 1. The monoisotopic (exact) mass is 156 g/mol. The lowest BCUT2D eigenvalue weighted by molar-refractivity contribution is -0.370. The summed E-state index contributed by atoms with van der Waals surface area (Å²) in [6.45, 7) is 1.22. The van der Waals surface area contributed by atoms with Crippen LogP contribution in [0.3, 0.4) is 0 Å². The maximum atomic E-state index is 12.5. The third kappa shape index (κ3) is 2.55. The van der Waals surface area contributed by atoms with Crippen LogP contribution in [0, 0.1) is 5.82 Å². The van der Waals surface area contributed by atoms with Gasteiger partial charge in [0, 0.05) is 6.07 Å². The zero-order chi connectivity index (χ0) is 8.10. The fourth-order valence-corrected chi connectivity index (χ4v) is 0.747. The van der Waals surface area contributed by atoms with Crippen molar-refractivity contribution in [2.75, 3.05) is 13.2 Å². The number of quaternary nitrogens is 1. The summed E-state index contributed by atoms with van der Waals surface area (Å²) in [6.07, 6.45) is 0. The van der Waals surface area contributed by atoms with Crippen LogP contribution in [0.15, 0.2) is 24.3 Å². The molecule has 0 bridgehead atoms. The molecule has 0 saturated carbocycles. The Kier molecular flexibility index (Phi) is 2.86. The highest BCUT2D eigenvalue weighted by Crippen LogP contribution is 2.10. The Balaban J connectivity index is 2.56. The van der Waals surface area contributed by atoms with Crippen molar-refractivity contribution in [1.29, 1.82) is 0 Å². The lowest BCUT2D eigenvalue weighted by atomic mass is 10.3. The zero-order valence-corrected chi connectivity index (χ0v) is 6.22. The van der Waals surface area contributed by atoms with Crippen LogP contribution in [0.5, 0.6) is 5.75 Å². The molecule has 0 radical (unpaired) electrons. The summed E-state index contributed by atoms with van der Waals surface area (Å²) < 4.78 is 17.6. The topological polar surface area (TPSA) is 36.9 Å². The molecule has 0 saturated heterocycles. The minimum atomic E-state index is -0.272. The van der Waals surface area contributed by atoms with Gasteiger partial charge in [0.05, 0.1) is 0 Å². The maximum absolute atomic E-state index is 12.5. The lowest BCUT2D eigenvalue weighted by Gasteiger charge is -2.01. The smallest absolute Gasteiger partial charge is 0.137 e. The fourth-order valence-electron chi connectivity index (χ4n) is 0.747. The van der Waals surface area contributed by atoms with Gasteiger partial charge >= 0.3 is 0 Å². The molecule has 60 valence electrons. The first-order valence-electron chi connectivity index (χ1n) is 3.50. The van der Waals surface area contributed by atoms with Gasteiger partial charge < -0.3 is 10.5 Å². The van der Waals surface area contributed by atoms with E-state index >= 15 is 0 Å². The van der Waals surface area contributed by atoms with Crippen LogP contribution < -0.4 is 10.5 Å². The highest BCUT2D eigenvalue weighted by atomic mass is 19.1. The van der Waals surface area contributed by atoms with Crippen LogP contribution in [0.25, 0.3) is 0 Å². The summed E-state index contributed by atoms with van der Waals surface area (Å²) in [6, 6.07) is 6.08. The van der Waals surface area contributed by atoms with Crippen molar-refractivity contribution >= 4 is 0 Å². The summed E-state index contributed by atoms with van der Waals surface area (Å²) >= 11 is 0. The predicted octanol–water partition coefficient (Wildman–Crippen LogP) is 0.446. The summed E-state index contributed by atoms with van der Waals surface area (Å²) in [5, 5.41) is 0. The molecular weight excluding hydrogens is 145 g/mol. The summed E-state index contributed by atoms with van der Waals surface area (Å²) in [4.78, 5) is 0. The molecule has 0 aromatic heterocycles. The predicted molar refractivity (Wildman–Crippen MR) is 39.7 cm³/mol. The molecule has 0 heterocycles. The normalized spacial score (nSPS) is 9.64. The molecule has 0 aliphatic rings. The Morgan fingerprint density at radius 1 is 1.45 bits per heavy atom. The second kappa shape index (κ2) is 3.93. The van der Waals surface area contributed by atoms with E-state index in [-0.39, 0.29) is 5.82 Å². The van der Waals surface area contributed by atoms with Crippen LogP contribution >= 0.6 is 0 Å². The summed E-state index contributed by atoms with van der Waals surface area (Å²) in [7, 11) is 0. The third-order valence-electron chi connectivity index (χ3n) is 1.21. The second-order valence-electron chi connectivity index (χ2n) is 2.16. The Morgan fingerprint density at radius 3 is 2.91 bits per heavy atom. The number of rotatable bonds is 3. The summed E-state index contributed by atoms with van der Waals surface area (Å²) in [5.74, 6) is 0.292.